The minimum absolute atomic E-state index is 0.679. The van der Waals surface area contributed by atoms with Crippen LogP contribution in [0.15, 0.2) is 24.4 Å². The third kappa shape index (κ3) is 2.42. The molecule has 0 bridgehead atoms. The van der Waals surface area contributed by atoms with E-state index in [0.717, 1.165) is 22.5 Å². The Morgan fingerprint density at radius 2 is 2.05 bits per heavy atom. The van der Waals surface area contributed by atoms with Gasteiger partial charge in [0.2, 0.25) is 5.69 Å². The van der Waals surface area contributed by atoms with Crippen molar-refractivity contribution in [3.8, 4) is 0 Å². The number of H-pyrrole nitrogens is 1. The van der Waals surface area contributed by atoms with Crippen molar-refractivity contribution >= 4 is 16.6 Å². The summed E-state index contributed by atoms with van der Waals surface area (Å²) in [7, 11) is 0. The van der Waals surface area contributed by atoms with Crippen LogP contribution in [-0.2, 0) is 0 Å². The van der Waals surface area contributed by atoms with Crippen LogP contribution in [0.4, 0.5) is 5.69 Å². The number of fused-ring (bicyclic) bond motifs is 1. The summed E-state index contributed by atoms with van der Waals surface area (Å²) in [6.45, 7) is 11.2. The number of aromatic amines is 1. The van der Waals surface area contributed by atoms with Crippen LogP contribution in [0.1, 0.15) is 43.6 Å². The number of aromatic nitrogens is 1. The van der Waals surface area contributed by atoms with E-state index in [1.807, 2.05) is 6.20 Å². The molecule has 0 unspecified atom stereocenters. The van der Waals surface area contributed by atoms with Gasteiger partial charge < -0.3 is 9.88 Å². The van der Waals surface area contributed by atoms with E-state index >= 15 is 0 Å². The normalized spacial score (nSPS) is 25.8. The monoisotopic (exact) mass is 293 g/mol. The topological polar surface area (TPSA) is 23.4 Å². The van der Waals surface area contributed by atoms with Crippen LogP contribution in [0.2, 0.25) is 0 Å². The fraction of sp³-hybridized carbons (Fsp3) is 0.526. The van der Waals surface area contributed by atoms with Gasteiger partial charge in [0, 0.05) is 23.6 Å². The molecule has 1 aliphatic heterocycles. The van der Waals surface area contributed by atoms with Crippen molar-refractivity contribution in [1.82, 2.24) is 9.88 Å². The van der Waals surface area contributed by atoms with Gasteiger partial charge in [0.25, 0.3) is 0 Å². The molecule has 1 aliphatic carbocycles. The van der Waals surface area contributed by atoms with Gasteiger partial charge in [0.05, 0.1) is 6.57 Å². The predicted molar refractivity (Wildman–Crippen MR) is 90.3 cm³/mol. The lowest BCUT2D eigenvalue weighted by molar-refractivity contribution is 0.267. The van der Waals surface area contributed by atoms with Gasteiger partial charge in [-0.05, 0) is 62.2 Å². The van der Waals surface area contributed by atoms with Crippen molar-refractivity contribution in [3.05, 3.63) is 41.4 Å². The van der Waals surface area contributed by atoms with Gasteiger partial charge in [-0.3, -0.25) is 0 Å². The molecule has 1 aromatic heterocycles. The first-order chi connectivity index (χ1) is 10.8. The molecule has 1 N–H and O–H groups in total. The van der Waals surface area contributed by atoms with Crippen molar-refractivity contribution < 1.29 is 0 Å². The predicted octanol–water partition coefficient (Wildman–Crippen LogP) is 4.70. The molecule has 3 nitrogen and oxygen atoms in total. The summed E-state index contributed by atoms with van der Waals surface area (Å²) < 4.78 is 0. The number of nitrogens with one attached hydrogen (secondary N) is 1. The van der Waals surface area contributed by atoms with Crippen LogP contribution in [-0.4, -0.2) is 29.5 Å². The lowest BCUT2D eigenvalue weighted by Gasteiger charge is -2.25. The fourth-order valence-corrected chi connectivity index (χ4v) is 4.44. The summed E-state index contributed by atoms with van der Waals surface area (Å²) >= 11 is 0. The molecular weight excluding hydrogens is 270 g/mol. The molecular formula is C19H23N3. The number of benzene rings is 1. The highest BCUT2D eigenvalue weighted by Crippen LogP contribution is 2.42. The van der Waals surface area contributed by atoms with Crippen molar-refractivity contribution in [3.63, 3.8) is 0 Å². The average molecular weight is 293 g/mol. The van der Waals surface area contributed by atoms with Gasteiger partial charge in [0.1, 0.15) is 0 Å². The lowest BCUT2D eigenvalue weighted by atomic mass is 9.88. The van der Waals surface area contributed by atoms with Gasteiger partial charge in [-0.1, -0.05) is 18.6 Å². The molecule has 0 spiro atoms. The van der Waals surface area contributed by atoms with E-state index < -0.39 is 0 Å². The fourth-order valence-electron chi connectivity index (χ4n) is 4.44. The highest BCUT2D eigenvalue weighted by atomic mass is 15.1. The summed E-state index contributed by atoms with van der Waals surface area (Å²) in [5.74, 6) is 1.48. The third-order valence-corrected chi connectivity index (χ3v) is 5.58. The largest absolute Gasteiger partial charge is 0.372 e. The van der Waals surface area contributed by atoms with E-state index in [9.17, 15) is 0 Å². The lowest BCUT2D eigenvalue weighted by Crippen LogP contribution is -2.27. The third-order valence-electron chi connectivity index (χ3n) is 5.58. The molecule has 1 aromatic carbocycles. The van der Waals surface area contributed by atoms with E-state index in [1.54, 1.807) is 0 Å². The van der Waals surface area contributed by atoms with Crippen molar-refractivity contribution in [1.29, 1.82) is 0 Å². The Balaban J connectivity index is 1.60. The van der Waals surface area contributed by atoms with Crippen LogP contribution in [0.5, 0.6) is 0 Å². The van der Waals surface area contributed by atoms with Crippen molar-refractivity contribution in [2.45, 2.75) is 38.0 Å². The summed E-state index contributed by atoms with van der Waals surface area (Å²) in [6.07, 6.45) is 8.60. The smallest absolute Gasteiger partial charge is 0.211 e. The zero-order valence-electron chi connectivity index (χ0n) is 13.0. The van der Waals surface area contributed by atoms with Crippen molar-refractivity contribution in [2.75, 3.05) is 19.6 Å². The minimum atomic E-state index is 0.679. The molecule has 2 fully saturated rings. The SMILES string of the molecule is [C-]#[N+]c1c[nH]c2ccc([C@H]3CCC[C@@H]3CN3CCCC3)cc12. The van der Waals surface area contributed by atoms with E-state index in [0.29, 0.717) is 5.92 Å². The highest BCUT2D eigenvalue weighted by molar-refractivity contribution is 5.93. The molecule has 2 atom stereocenters. The highest BCUT2D eigenvalue weighted by Gasteiger charge is 2.30. The van der Waals surface area contributed by atoms with Gasteiger partial charge in [-0.25, -0.2) is 4.85 Å². The van der Waals surface area contributed by atoms with Crippen molar-refractivity contribution in [2.24, 2.45) is 5.92 Å². The Morgan fingerprint density at radius 1 is 1.18 bits per heavy atom. The van der Waals surface area contributed by atoms with Gasteiger partial charge in [0.15, 0.2) is 0 Å². The van der Waals surface area contributed by atoms with E-state index in [1.165, 1.54) is 57.3 Å². The molecule has 0 amide bonds. The van der Waals surface area contributed by atoms with Gasteiger partial charge in [-0.2, -0.15) is 0 Å². The maximum absolute atomic E-state index is 7.31. The Kier molecular flexibility index (Phi) is 3.63. The average Bonchev–Trinajstić information content (AvgIpc) is 3.27. The Labute approximate surface area is 132 Å². The molecule has 22 heavy (non-hydrogen) atoms. The quantitative estimate of drug-likeness (QED) is 0.815. The molecule has 2 aliphatic rings. The number of hydrogen-bond acceptors (Lipinski definition) is 1. The van der Waals surface area contributed by atoms with Crippen LogP contribution in [0, 0.1) is 12.5 Å². The summed E-state index contributed by atoms with van der Waals surface area (Å²) in [5, 5.41) is 1.10. The Bertz CT molecular complexity index is 703. The zero-order chi connectivity index (χ0) is 14.9. The first-order valence-corrected chi connectivity index (χ1v) is 8.56. The van der Waals surface area contributed by atoms with E-state index in [4.69, 9.17) is 6.57 Å². The maximum atomic E-state index is 7.31. The second kappa shape index (κ2) is 5.78. The standard InChI is InChI=1S/C19H23N3/c1-20-19-12-21-18-8-7-14(11-17(18)19)16-6-4-5-15(16)13-22-9-2-3-10-22/h7-8,11-12,15-16,21H,2-6,9-10,13H2/t15-,16-/m1/s1. The maximum Gasteiger partial charge on any atom is 0.211 e. The number of rotatable bonds is 3. The molecule has 2 heterocycles. The van der Waals surface area contributed by atoms with Crippen LogP contribution in [0.3, 0.4) is 0 Å². The minimum Gasteiger partial charge on any atom is -0.372 e. The Morgan fingerprint density at radius 3 is 2.86 bits per heavy atom. The molecule has 1 saturated carbocycles. The Hall–Kier alpha value is -1.79. The number of hydrogen-bond donors (Lipinski definition) is 1. The van der Waals surface area contributed by atoms with Crippen LogP contribution < -0.4 is 0 Å². The number of likely N-dealkylation sites (tertiary alicyclic amines) is 1. The van der Waals surface area contributed by atoms with Gasteiger partial charge in [-0.15, -0.1) is 0 Å². The summed E-state index contributed by atoms with van der Waals surface area (Å²) in [5.41, 5.74) is 3.29. The molecule has 2 aromatic rings. The molecule has 1 saturated heterocycles. The molecule has 3 heteroatoms. The summed E-state index contributed by atoms with van der Waals surface area (Å²) in [4.78, 5) is 9.50. The molecule has 0 radical (unpaired) electrons. The molecule has 114 valence electrons. The molecule has 4 rings (SSSR count). The second-order valence-corrected chi connectivity index (χ2v) is 6.90. The van der Waals surface area contributed by atoms with Crippen LogP contribution >= 0.6 is 0 Å². The second-order valence-electron chi connectivity index (χ2n) is 6.90. The summed E-state index contributed by atoms with van der Waals surface area (Å²) in [6, 6.07) is 6.70. The zero-order valence-corrected chi connectivity index (χ0v) is 13.0. The first kappa shape index (κ1) is 13.8. The van der Waals surface area contributed by atoms with E-state index in [2.05, 4.69) is 32.9 Å². The van der Waals surface area contributed by atoms with E-state index in [-0.39, 0.29) is 0 Å². The first-order valence-electron chi connectivity index (χ1n) is 8.56. The van der Waals surface area contributed by atoms with Crippen LogP contribution in [0.25, 0.3) is 15.7 Å². The van der Waals surface area contributed by atoms with Gasteiger partial charge >= 0.3 is 0 Å². The number of nitrogens with zero attached hydrogens (tertiary/aromatic N) is 2.